The zero-order chi connectivity index (χ0) is 14.2. The number of rotatable bonds is 3. The molecule has 0 unspecified atom stereocenters. The largest absolute Gasteiger partial charge is 0.465 e. The van der Waals surface area contributed by atoms with Gasteiger partial charge >= 0.3 is 6.09 Å². The Balaban J connectivity index is 1.58. The molecule has 3 N–H and O–H groups in total. The van der Waals surface area contributed by atoms with E-state index in [0.717, 1.165) is 45.1 Å². The number of nitrogens with two attached hydrogens (primary N) is 1. The Morgan fingerprint density at radius 2 is 1.70 bits per heavy atom. The minimum absolute atomic E-state index is 0.0294. The van der Waals surface area contributed by atoms with Gasteiger partial charge in [0.15, 0.2) is 0 Å². The van der Waals surface area contributed by atoms with Crippen molar-refractivity contribution in [1.82, 2.24) is 14.7 Å². The maximum absolute atomic E-state index is 11.0. The Hall–Kier alpha value is -0.850. The van der Waals surface area contributed by atoms with E-state index >= 15 is 0 Å². The number of hydrogen-bond acceptors (Lipinski definition) is 4. The highest BCUT2D eigenvalue weighted by molar-refractivity contribution is 5.65. The van der Waals surface area contributed by atoms with Crippen molar-refractivity contribution in [2.45, 2.75) is 37.3 Å². The summed E-state index contributed by atoms with van der Waals surface area (Å²) in [4.78, 5) is 17.7. The fourth-order valence-corrected chi connectivity index (χ4v) is 3.76. The smallest absolute Gasteiger partial charge is 0.407 e. The van der Waals surface area contributed by atoms with Crippen molar-refractivity contribution in [3.05, 3.63) is 0 Å². The molecule has 2 saturated heterocycles. The third kappa shape index (κ3) is 2.64. The Morgan fingerprint density at radius 3 is 2.15 bits per heavy atom. The molecule has 0 atom stereocenters. The third-order valence-electron chi connectivity index (χ3n) is 5.39. The molecule has 6 heteroatoms. The molecule has 1 aliphatic carbocycles. The standard InChI is InChI=1S/C14H26N4O2/c15-11-14(3-5-17(6-4-14)13(19)20)18-9-7-16(8-10-18)12-1-2-12/h12H,1-11,15H2,(H,19,20). The fraction of sp³-hybridized carbons (Fsp3) is 0.929. The predicted molar refractivity (Wildman–Crippen MR) is 76.8 cm³/mol. The Kier molecular flexibility index (Phi) is 3.88. The summed E-state index contributed by atoms with van der Waals surface area (Å²) < 4.78 is 0. The molecule has 20 heavy (non-hydrogen) atoms. The van der Waals surface area contributed by atoms with Gasteiger partial charge in [-0.25, -0.2) is 4.79 Å². The van der Waals surface area contributed by atoms with Gasteiger partial charge in [-0.05, 0) is 25.7 Å². The predicted octanol–water partition coefficient (Wildman–Crippen LogP) is 0.238. The van der Waals surface area contributed by atoms with Gasteiger partial charge in [0.25, 0.3) is 0 Å². The van der Waals surface area contributed by atoms with Gasteiger partial charge in [0.05, 0.1) is 0 Å². The van der Waals surface area contributed by atoms with Crippen LogP contribution in [0.2, 0.25) is 0 Å². The van der Waals surface area contributed by atoms with Crippen molar-refractivity contribution in [2.24, 2.45) is 5.73 Å². The highest BCUT2D eigenvalue weighted by Crippen LogP contribution is 2.32. The zero-order valence-corrected chi connectivity index (χ0v) is 12.1. The number of hydrogen-bond donors (Lipinski definition) is 2. The number of piperazine rings is 1. The number of likely N-dealkylation sites (tertiary alicyclic amines) is 1. The number of carboxylic acid groups (broad SMARTS) is 1. The van der Waals surface area contributed by atoms with Gasteiger partial charge in [-0.3, -0.25) is 9.80 Å². The summed E-state index contributed by atoms with van der Waals surface area (Å²) in [5, 5.41) is 9.07. The van der Waals surface area contributed by atoms with Crippen LogP contribution in [0.4, 0.5) is 4.79 Å². The maximum Gasteiger partial charge on any atom is 0.407 e. The van der Waals surface area contributed by atoms with Crippen LogP contribution in [0.3, 0.4) is 0 Å². The van der Waals surface area contributed by atoms with Crippen LogP contribution in [-0.4, -0.2) is 83.3 Å². The van der Waals surface area contributed by atoms with E-state index in [9.17, 15) is 4.79 Å². The second kappa shape index (κ2) is 5.50. The molecule has 1 saturated carbocycles. The Labute approximate surface area is 120 Å². The van der Waals surface area contributed by atoms with Crippen molar-refractivity contribution in [1.29, 1.82) is 0 Å². The van der Waals surface area contributed by atoms with Crippen LogP contribution in [0.25, 0.3) is 0 Å². The molecule has 0 radical (unpaired) electrons. The molecule has 0 bridgehead atoms. The Morgan fingerprint density at radius 1 is 1.10 bits per heavy atom. The van der Waals surface area contributed by atoms with E-state index in [0.29, 0.717) is 19.6 Å². The van der Waals surface area contributed by atoms with Crippen LogP contribution in [-0.2, 0) is 0 Å². The molecular weight excluding hydrogens is 256 g/mol. The fourth-order valence-electron chi connectivity index (χ4n) is 3.76. The average molecular weight is 282 g/mol. The number of nitrogens with zero attached hydrogens (tertiary/aromatic N) is 3. The first-order valence-electron chi connectivity index (χ1n) is 7.82. The second-order valence-electron chi connectivity index (χ2n) is 6.45. The van der Waals surface area contributed by atoms with Crippen LogP contribution < -0.4 is 5.73 Å². The molecule has 6 nitrogen and oxygen atoms in total. The third-order valence-corrected chi connectivity index (χ3v) is 5.39. The molecule has 0 aromatic rings. The Bertz CT molecular complexity index is 356. The van der Waals surface area contributed by atoms with Crippen molar-refractivity contribution in [3.8, 4) is 0 Å². The van der Waals surface area contributed by atoms with Crippen LogP contribution in [0.1, 0.15) is 25.7 Å². The molecule has 2 heterocycles. The highest BCUT2D eigenvalue weighted by atomic mass is 16.4. The molecule has 3 rings (SSSR count). The van der Waals surface area contributed by atoms with Gasteiger partial charge in [-0.15, -0.1) is 0 Å². The quantitative estimate of drug-likeness (QED) is 0.775. The molecule has 114 valence electrons. The van der Waals surface area contributed by atoms with Crippen molar-refractivity contribution in [3.63, 3.8) is 0 Å². The normalized spacial score (nSPS) is 28.6. The topological polar surface area (TPSA) is 73.0 Å². The van der Waals surface area contributed by atoms with E-state index in [2.05, 4.69) is 9.80 Å². The van der Waals surface area contributed by atoms with E-state index in [-0.39, 0.29) is 5.54 Å². The van der Waals surface area contributed by atoms with Crippen molar-refractivity contribution in [2.75, 3.05) is 45.8 Å². The van der Waals surface area contributed by atoms with E-state index < -0.39 is 6.09 Å². The number of amides is 1. The summed E-state index contributed by atoms with van der Waals surface area (Å²) in [6.07, 6.45) is 3.69. The summed E-state index contributed by atoms with van der Waals surface area (Å²) in [6.45, 7) is 6.35. The van der Waals surface area contributed by atoms with Crippen LogP contribution >= 0.6 is 0 Å². The van der Waals surface area contributed by atoms with Crippen molar-refractivity contribution >= 4 is 6.09 Å². The van der Waals surface area contributed by atoms with Crippen LogP contribution in [0.15, 0.2) is 0 Å². The molecule has 2 aliphatic heterocycles. The summed E-state index contributed by atoms with van der Waals surface area (Å²) in [5.41, 5.74) is 6.11. The summed E-state index contributed by atoms with van der Waals surface area (Å²) in [6, 6.07) is 0.847. The second-order valence-corrected chi connectivity index (χ2v) is 6.45. The molecule has 3 aliphatic rings. The summed E-state index contributed by atoms with van der Waals surface area (Å²) >= 11 is 0. The van der Waals surface area contributed by atoms with E-state index in [1.807, 2.05) is 0 Å². The first-order chi connectivity index (χ1) is 9.64. The SMILES string of the molecule is NCC1(N2CCN(C3CC3)CC2)CCN(C(=O)O)CC1. The van der Waals surface area contributed by atoms with Gasteiger partial charge in [-0.1, -0.05) is 0 Å². The zero-order valence-electron chi connectivity index (χ0n) is 12.1. The van der Waals surface area contributed by atoms with Crippen molar-refractivity contribution < 1.29 is 9.90 Å². The lowest BCUT2D eigenvalue weighted by Gasteiger charge is -2.50. The monoisotopic (exact) mass is 282 g/mol. The van der Waals surface area contributed by atoms with Gasteiger partial charge in [-0.2, -0.15) is 0 Å². The maximum atomic E-state index is 11.0. The first-order valence-corrected chi connectivity index (χ1v) is 7.82. The molecule has 0 spiro atoms. The van der Waals surface area contributed by atoms with Crippen LogP contribution in [0.5, 0.6) is 0 Å². The molecule has 3 fully saturated rings. The summed E-state index contributed by atoms with van der Waals surface area (Å²) in [7, 11) is 0. The lowest BCUT2D eigenvalue weighted by molar-refractivity contribution is -0.00451. The highest BCUT2D eigenvalue weighted by Gasteiger charge is 2.42. The molecular formula is C14H26N4O2. The summed E-state index contributed by atoms with van der Waals surface area (Å²) in [5.74, 6) is 0. The van der Waals surface area contributed by atoms with E-state index in [1.165, 1.54) is 17.7 Å². The molecule has 0 aromatic carbocycles. The average Bonchev–Trinajstić information content (AvgIpc) is 3.32. The number of piperidine rings is 1. The van der Waals surface area contributed by atoms with Crippen LogP contribution in [0, 0.1) is 0 Å². The first kappa shape index (κ1) is 14.1. The molecule has 0 aromatic heterocycles. The van der Waals surface area contributed by atoms with Gasteiger partial charge < -0.3 is 15.7 Å². The number of carbonyl (C=O) groups is 1. The lowest BCUT2D eigenvalue weighted by Crippen LogP contribution is -2.64. The molecule has 1 amide bonds. The van der Waals surface area contributed by atoms with E-state index in [1.54, 1.807) is 0 Å². The minimum Gasteiger partial charge on any atom is -0.465 e. The van der Waals surface area contributed by atoms with Gasteiger partial charge in [0.1, 0.15) is 0 Å². The van der Waals surface area contributed by atoms with Gasteiger partial charge in [0, 0.05) is 57.4 Å². The van der Waals surface area contributed by atoms with Gasteiger partial charge in [0.2, 0.25) is 0 Å². The van der Waals surface area contributed by atoms with E-state index in [4.69, 9.17) is 10.8 Å². The minimum atomic E-state index is -0.797. The lowest BCUT2D eigenvalue weighted by atomic mass is 9.85.